The first-order chi connectivity index (χ1) is 11.5. The van der Waals surface area contributed by atoms with E-state index in [1.165, 1.54) is 0 Å². The SMILES string of the molecule is CCCOc1ccc(OCC(=O)N(CC(C)C(=O)O)C2CC2)cc1. The number of benzene rings is 1. The average Bonchev–Trinajstić information content (AvgIpc) is 3.41. The highest BCUT2D eigenvalue weighted by atomic mass is 16.5. The van der Waals surface area contributed by atoms with Gasteiger partial charge in [0.05, 0.1) is 12.5 Å². The number of ether oxygens (including phenoxy) is 2. The Morgan fingerprint density at radius 1 is 1.21 bits per heavy atom. The normalized spacial score (nSPS) is 14.8. The van der Waals surface area contributed by atoms with E-state index in [4.69, 9.17) is 14.6 Å². The smallest absolute Gasteiger partial charge is 0.308 e. The molecule has 1 N–H and O–H groups in total. The molecule has 1 saturated carbocycles. The summed E-state index contributed by atoms with van der Waals surface area (Å²) in [5.74, 6) is -0.280. The molecule has 1 aromatic carbocycles. The molecule has 0 spiro atoms. The van der Waals surface area contributed by atoms with Crippen LogP contribution in [-0.2, 0) is 9.59 Å². The van der Waals surface area contributed by atoms with Gasteiger partial charge >= 0.3 is 5.97 Å². The van der Waals surface area contributed by atoms with Gasteiger partial charge in [0.15, 0.2) is 6.61 Å². The van der Waals surface area contributed by atoms with Crippen LogP contribution in [0.3, 0.4) is 0 Å². The van der Waals surface area contributed by atoms with E-state index in [2.05, 4.69) is 0 Å². The topological polar surface area (TPSA) is 76.1 Å². The fourth-order valence-corrected chi connectivity index (χ4v) is 2.29. The molecule has 24 heavy (non-hydrogen) atoms. The first kappa shape index (κ1) is 18.1. The van der Waals surface area contributed by atoms with Crippen molar-refractivity contribution in [1.29, 1.82) is 0 Å². The maximum absolute atomic E-state index is 12.3. The Morgan fingerprint density at radius 2 is 1.79 bits per heavy atom. The van der Waals surface area contributed by atoms with Gasteiger partial charge in [-0.15, -0.1) is 0 Å². The summed E-state index contributed by atoms with van der Waals surface area (Å²) in [6, 6.07) is 7.30. The Balaban J connectivity index is 1.85. The third kappa shape index (κ3) is 5.44. The largest absolute Gasteiger partial charge is 0.494 e. The number of hydrogen-bond donors (Lipinski definition) is 1. The molecule has 132 valence electrons. The predicted molar refractivity (Wildman–Crippen MR) is 89.3 cm³/mol. The first-order valence-electron chi connectivity index (χ1n) is 8.39. The van der Waals surface area contributed by atoms with Gasteiger partial charge in [-0.2, -0.15) is 0 Å². The van der Waals surface area contributed by atoms with Crippen molar-refractivity contribution in [2.45, 2.75) is 39.2 Å². The second-order valence-corrected chi connectivity index (χ2v) is 6.13. The third-order valence-electron chi connectivity index (χ3n) is 3.86. The molecule has 0 radical (unpaired) electrons. The van der Waals surface area contributed by atoms with E-state index in [-0.39, 0.29) is 25.1 Å². The number of amides is 1. The lowest BCUT2D eigenvalue weighted by atomic mass is 10.1. The van der Waals surface area contributed by atoms with Crippen LogP contribution in [0.15, 0.2) is 24.3 Å². The van der Waals surface area contributed by atoms with E-state index in [0.717, 1.165) is 25.0 Å². The van der Waals surface area contributed by atoms with E-state index in [1.807, 2.05) is 6.92 Å². The second kappa shape index (κ2) is 8.57. The molecule has 0 aromatic heterocycles. The molecule has 0 aliphatic heterocycles. The van der Waals surface area contributed by atoms with E-state index in [9.17, 15) is 9.59 Å². The molecule has 1 aliphatic rings. The molecule has 6 nitrogen and oxygen atoms in total. The number of carboxylic acid groups (broad SMARTS) is 1. The minimum Gasteiger partial charge on any atom is -0.494 e. The molecule has 6 heteroatoms. The number of carbonyl (C=O) groups is 2. The summed E-state index contributed by atoms with van der Waals surface area (Å²) in [6.45, 7) is 4.46. The van der Waals surface area contributed by atoms with Crippen molar-refractivity contribution in [2.24, 2.45) is 5.92 Å². The standard InChI is InChI=1S/C18H25NO5/c1-3-10-23-15-6-8-16(9-7-15)24-12-17(20)19(14-4-5-14)11-13(2)18(21)22/h6-9,13-14H,3-5,10-12H2,1-2H3,(H,21,22). The Kier molecular flexibility index (Phi) is 6.46. The minimum absolute atomic E-state index is 0.0853. The summed E-state index contributed by atoms with van der Waals surface area (Å²) < 4.78 is 11.0. The van der Waals surface area contributed by atoms with Crippen molar-refractivity contribution in [3.8, 4) is 11.5 Å². The maximum atomic E-state index is 12.3. The third-order valence-corrected chi connectivity index (χ3v) is 3.86. The maximum Gasteiger partial charge on any atom is 0.308 e. The lowest BCUT2D eigenvalue weighted by Gasteiger charge is -2.24. The number of nitrogens with zero attached hydrogens (tertiary/aromatic N) is 1. The highest BCUT2D eigenvalue weighted by Gasteiger charge is 2.34. The number of carbonyl (C=O) groups excluding carboxylic acids is 1. The Bertz CT molecular complexity index is 553. The zero-order chi connectivity index (χ0) is 17.5. The van der Waals surface area contributed by atoms with Crippen molar-refractivity contribution in [1.82, 2.24) is 4.90 Å². The lowest BCUT2D eigenvalue weighted by Crippen LogP contribution is -2.41. The Morgan fingerprint density at radius 3 is 2.29 bits per heavy atom. The van der Waals surface area contributed by atoms with Gasteiger partial charge in [0, 0.05) is 12.6 Å². The first-order valence-corrected chi connectivity index (χ1v) is 8.39. The van der Waals surface area contributed by atoms with Crippen LogP contribution in [0.2, 0.25) is 0 Å². The van der Waals surface area contributed by atoms with Crippen LogP contribution in [0, 0.1) is 5.92 Å². The summed E-state index contributed by atoms with van der Waals surface area (Å²) in [4.78, 5) is 25.0. The summed E-state index contributed by atoms with van der Waals surface area (Å²) in [7, 11) is 0. The summed E-state index contributed by atoms with van der Waals surface area (Å²) in [5.41, 5.74) is 0. The molecule has 1 amide bonds. The Hall–Kier alpha value is -2.24. The van der Waals surface area contributed by atoms with E-state index in [1.54, 1.807) is 36.1 Å². The Labute approximate surface area is 142 Å². The van der Waals surface area contributed by atoms with Gasteiger partial charge in [0.1, 0.15) is 11.5 Å². The number of carboxylic acids is 1. The monoisotopic (exact) mass is 335 g/mol. The van der Waals surface area contributed by atoms with Crippen LogP contribution in [0.4, 0.5) is 0 Å². The van der Waals surface area contributed by atoms with Gasteiger partial charge in [-0.05, 0) is 43.5 Å². The van der Waals surface area contributed by atoms with Crippen LogP contribution in [0.5, 0.6) is 11.5 Å². The molecular formula is C18H25NO5. The number of rotatable bonds is 10. The number of aliphatic carboxylic acids is 1. The predicted octanol–water partition coefficient (Wildman–Crippen LogP) is 2.57. The van der Waals surface area contributed by atoms with Gasteiger partial charge in [-0.3, -0.25) is 9.59 Å². The molecule has 2 rings (SSSR count). The van der Waals surface area contributed by atoms with E-state index in [0.29, 0.717) is 12.4 Å². The summed E-state index contributed by atoms with van der Waals surface area (Å²) in [5, 5.41) is 9.03. The molecule has 1 atom stereocenters. The zero-order valence-corrected chi connectivity index (χ0v) is 14.2. The van der Waals surface area contributed by atoms with E-state index >= 15 is 0 Å². The van der Waals surface area contributed by atoms with Crippen LogP contribution >= 0.6 is 0 Å². The highest BCUT2D eigenvalue weighted by Crippen LogP contribution is 2.28. The second-order valence-electron chi connectivity index (χ2n) is 6.13. The van der Waals surface area contributed by atoms with Crippen molar-refractivity contribution in [3.63, 3.8) is 0 Å². The molecule has 0 saturated heterocycles. The number of hydrogen-bond acceptors (Lipinski definition) is 4. The van der Waals surface area contributed by atoms with Gasteiger partial charge in [0.25, 0.3) is 5.91 Å². The van der Waals surface area contributed by atoms with Crippen molar-refractivity contribution < 1.29 is 24.2 Å². The molecule has 0 heterocycles. The zero-order valence-electron chi connectivity index (χ0n) is 14.2. The van der Waals surface area contributed by atoms with Crippen LogP contribution in [-0.4, -0.2) is 47.7 Å². The fourth-order valence-electron chi connectivity index (χ4n) is 2.29. The van der Waals surface area contributed by atoms with Gasteiger partial charge in [0.2, 0.25) is 0 Å². The lowest BCUT2D eigenvalue weighted by molar-refractivity contribution is -0.143. The summed E-state index contributed by atoms with van der Waals surface area (Å²) in [6.07, 6.45) is 2.81. The van der Waals surface area contributed by atoms with Gasteiger partial charge < -0.3 is 19.5 Å². The summed E-state index contributed by atoms with van der Waals surface area (Å²) >= 11 is 0. The quantitative estimate of drug-likeness (QED) is 0.711. The van der Waals surface area contributed by atoms with Crippen molar-refractivity contribution in [3.05, 3.63) is 24.3 Å². The van der Waals surface area contributed by atoms with Crippen molar-refractivity contribution >= 4 is 11.9 Å². The molecule has 1 unspecified atom stereocenters. The minimum atomic E-state index is -0.892. The highest BCUT2D eigenvalue weighted by molar-refractivity contribution is 5.79. The molecule has 0 bridgehead atoms. The van der Waals surface area contributed by atoms with Crippen molar-refractivity contribution in [2.75, 3.05) is 19.8 Å². The molecular weight excluding hydrogens is 310 g/mol. The van der Waals surface area contributed by atoms with Crippen LogP contribution < -0.4 is 9.47 Å². The van der Waals surface area contributed by atoms with Gasteiger partial charge in [-0.25, -0.2) is 0 Å². The molecule has 1 aromatic rings. The average molecular weight is 335 g/mol. The fraction of sp³-hybridized carbons (Fsp3) is 0.556. The molecule has 1 fully saturated rings. The van der Waals surface area contributed by atoms with E-state index < -0.39 is 11.9 Å². The van der Waals surface area contributed by atoms with Crippen LogP contribution in [0.25, 0.3) is 0 Å². The van der Waals surface area contributed by atoms with Gasteiger partial charge in [-0.1, -0.05) is 13.8 Å². The molecule has 1 aliphatic carbocycles. The van der Waals surface area contributed by atoms with Crippen LogP contribution in [0.1, 0.15) is 33.1 Å².